The molecule has 1 aromatic heterocycles. The minimum absolute atomic E-state index is 0.865. The van der Waals surface area contributed by atoms with Crippen LogP contribution in [0.3, 0.4) is 0 Å². The van der Waals surface area contributed by atoms with E-state index in [2.05, 4.69) is 39.6 Å². The van der Waals surface area contributed by atoms with E-state index in [9.17, 15) is 0 Å². The first-order chi connectivity index (χ1) is 10.4. The van der Waals surface area contributed by atoms with Gasteiger partial charge >= 0.3 is 0 Å². The van der Waals surface area contributed by atoms with Crippen LogP contribution in [0.15, 0.2) is 70.7 Å². The molecule has 0 spiro atoms. The Morgan fingerprint density at radius 1 is 1.05 bits per heavy atom. The van der Waals surface area contributed by atoms with Gasteiger partial charge in [-0.1, -0.05) is 53.9 Å². The molecular weight excluding hydrogens is 276 g/mol. The summed E-state index contributed by atoms with van der Waals surface area (Å²) in [6.45, 7) is 0.865. The number of hydrogen-bond donors (Lipinski definition) is 0. The van der Waals surface area contributed by atoms with Crippen molar-refractivity contribution >= 4 is 22.8 Å². The smallest absolute Gasteiger partial charge is 0.174 e. The normalized spacial score (nSPS) is 15.0. The van der Waals surface area contributed by atoms with E-state index in [0.29, 0.717) is 0 Å². The molecule has 0 amide bonds. The van der Waals surface area contributed by atoms with Crippen LogP contribution in [0.1, 0.15) is 5.56 Å². The Morgan fingerprint density at radius 2 is 1.86 bits per heavy atom. The van der Waals surface area contributed by atoms with Crippen molar-refractivity contribution in [3.63, 3.8) is 0 Å². The minimum atomic E-state index is 0.865. The van der Waals surface area contributed by atoms with Crippen molar-refractivity contribution in [2.75, 3.05) is 0 Å². The summed E-state index contributed by atoms with van der Waals surface area (Å²) in [6, 6.07) is 18.3. The number of thioether (sulfide) groups is 1. The zero-order chi connectivity index (χ0) is 14.1. The maximum absolute atomic E-state index is 4.65. The summed E-state index contributed by atoms with van der Waals surface area (Å²) in [5, 5.41) is 1.06. The highest BCUT2D eigenvalue weighted by Crippen LogP contribution is 2.37. The van der Waals surface area contributed by atoms with Crippen LogP contribution >= 0.6 is 11.8 Å². The van der Waals surface area contributed by atoms with Crippen molar-refractivity contribution in [3.8, 4) is 11.8 Å². The molecule has 0 saturated carbocycles. The molecule has 0 unspecified atom stereocenters. The molecule has 0 bridgehead atoms. The number of allylic oxidation sites excluding steroid dienone is 2. The lowest BCUT2D eigenvalue weighted by Crippen LogP contribution is -1.91. The lowest BCUT2D eigenvalue weighted by Gasteiger charge is -1.96. The van der Waals surface area contributed by atoms with Gasteiger partial charge in [-0.3, -0.25) is 0 Å². The van der Waals surface area contributed by atoms with Gasteiger partial charge < -0.3 is 4.57 Å². The van der Waals surface area contributed by atoms with E-state index < -0.39 is 0 Å². The maximum Gasteiger partial charge on any atom is 0.174 e. The third-order valence-corrected chi connectivity index (χ3v) is 4.38. The van der Waals surface area contributed by atoms with Gasteiger partial charge in [-0.2, -0.15) is 0 Å². The molecule has 2 heterocycles. The minimum Gasteiger partial charge on any atom is -0.314 e. The Kier molecular flexibility index (Phi) is 3.02. The lowest BCUT2D eigenvalue weighted by molar-refractivity contribution is 0.768. The topological polar surface area (TPSA) is 17.8 Å². The highest BCUT2D eigenvalue weighted by molar-refractivity contribution is 8.03. The molecule has 1 aliphatic heterocycles. The molecule has 0 N–H and O–H groups in total. The summed E-state index contributed by atoms with van der Waals surface area (Å²) < 4.78 is 2.25. The van der Waals surface area contributed by atoms with Gasteiger partial charge in [0.2, 0.25) is 0 Å². The Balaban J connectivity index is 1.60. The van der Waals surface area contributed by atoms with E-state index in [1.807, 2.05) is 42.5 Å². The highest BCUT2D eigenvalue weighted by Gasteiger charge is 2.20. The third-order valence-electron chi connectivity index (χ3n) is 3.38. The van der Waals surface area contributed by atoms with Gasteiger partial charge in [0.15, 0.2) is 5.16 Å². The van der Waals surface area contributed by atoms with Gasteiger partial charge in [-0.15, -0.1) is 0 Å². The summed E-state index contributed by atoms with van der Waals surface area (Å²) in [4.78, 5) is 5.89. The number of fused-ring (bicyclic) bond motifs is 3. The molecule has 4 rings (SSSR count). The van der Waals surface area contributed by atoms with Crippen molar-refractivity contribution in [1.29, 1.82) is 0 Å². The molecule has 2 nitrogen and oxygen atoms in total. The SMILES string of the molecule is C(#Cc1ccccc1)/C=C1/Cn2c(nc3ccccc32)S1. The molecule has 0 saturated heterocycles. The van der Waals surface area contributed by atoms with E-state index in [-0.39, 0.29) is 0 Å². The van der Waals surface area contributed by atoms with Crippen LogP contribution < -0.4 is 0 Å². The molecule has 3 aromatic rings. The van der Waals surface area contributed by atoms with Crippen molar-refractivity contribution in [3.05, 3.63) is 71.1 Å². The number of rotatable bonds is 0. The summed E-state index contributed by atoms with van der Waals surface area (Å²) in [5.74, 6) is 6.30. The first-order valence-corrected chi connectivity index (χ1v) is 7.60. The van der Waals surface area contributed by atoms with Crippen LogP contribution in [-0.4, -0.2) is 9.55 Å². The second-order valence-electron chi connectivity index (χ2n) is 4.82. The van der Waals surface area contributed by atoms with E-state index in [1.54, 1.807) is 11.8 Å². The fourth-order valence-electron chi connectivity index (χ4n) is 2.39. The highest BCUT2D eigenvalue weighted by atomic mass is 32.2. The lowest BCUT2D eigenvalue weighted by atomic mass is 10.2. The molecule has 100 valence electrons. The fourth-order valence-corrected chi connectivity index (χ4v) is 3.35. The molecule has 0 fully saturated rings. The molecule has 21 heavy (non-hydrogen) atoms. The molecule has 0 aliphatic carbocycles. The largest absolute Gasteiger partial charge is 0.314 e. The summed E-state index contributed by atoms with van der Waals surface area (Å²) >= 11 is 1.71. The average Bonchev–Trinajstić information content (AvgIpc) is 3.05. The van der Waals surface area contributed by atoms with Crippen LogP contribution in [-0.2, 0) is 6.54 Å². The van der Waals surface area contributed by atoms with Crippen molar-refractivity contribution in [1.82, 2.24) is 9.55 Å². The fraction of sp³-hybridized carbons (Fsp3) is 0.0556. The number of para-hydroxylation sites is 2. The standard InChI is InChI=1S/C18H12N2S/c1-2-7-14(8-3-1)9-6-10-15-13-20-17-12-5-4-11-16(17)19-18(20)21-15/h1-5,7-8,10-12H,13H2/b15-10-. The molecule has 0 atom stereocenters. The van der Waals surface area contributed by atoms with Gasteiger partial charge in [0.25, 0.3) is 0 Å². The molecule has 3 heteroatoms. The van der Waals surface area contributed by atoms with E-state index in [4.69, 9.17) is 0 Å². The zero-order valence-corrected chi connectivity index (χ0v) is 12.1. The summed E-state index contributed by atoms with van der Waals surface area (Å²) in [7, 11) is 0. The van der Waals surface area contributed by atoms with Gasteiger partial charge in [-0.05, 0) is 24.3 Å². The summed E-state index contributed by atoms with van der Waals surface area (Å²) in [5.41, 5.74) is 3.30. The van der Waals surface area contributed by atoms with Crippen molar-refractivity contribution in [2.45, 2.75) is 11.7 Å². The number of hydrogen-bond acceptors (Lipinski definition) is 2. The monoisotopic (exact) mass is 288 g/mol. The first-order valence-electron chi connectivity index (χ1n) is 6.79. The third kappa shape index (κ3) is 2.35. The van der Waals surface area contributed by atoms with E-state index >= 15 is 0 Å². The molecular formula is C18H12N2S. The Labute approximate surface area is 127 Å². The summed E-state index contributed by atoms with van der Waals surface area (Å²) in [6.07, 6.45) is 2.00. The molecule has 2 aromatic carbocycles. The molecule has 0 radical (unpaired) electrons. The van der Waals surface area contributed by atoms with Crippen molar-refractivity contribution < 1.29 is 0 Å². The van der Waals surface area contributed by atoms with Crippen LogP contribution in [0.5, 0.6) is 0 Å². The number of benzene rings is 2. The Morgan fingerprint density at radius 3 is 2.76 bits per heavy atom. The first kappa shape index (κ1) is 12.3. The van der Waals surface area contributed by atoms with Gasteiger partial charge in [0, 0.05) is 16.5 Å². The second kappa shape index (κ2) is 5.16. The second-order valence-corrected chi connectivity index (χ2v) is 5.91. The Bertz CT molecular complexity index is 895. The number of imidazole rings is 1. The maximum atomic E-state index is 4.65. The van der Waals surface area contributed by atoms with Crippen LogP contribution in [0.4, 0.5) is 0 Å². The van der Waals surface area contributed by atoms with E-state index in [0.717, 1.165) is 22.8 Å². The quantitative estimate of drug-likeness (QED) is 0.580. The van der Waals surface area contributed by atoms with Crippen LogP contribution in [0, 0.1) is 11.8 Å². The van der Waals surface area contributed by atoms with Crippen molar-refractivity contribution in [2.24, 2.45) is 0 Å². The van der Waals surface area contributed by atoms with Gasteiger partial charge in [-0.25, -0.2) is 4.98 Å². The Hall–Kier alpha value is -2.44. The number of aromatic nitrogens is 2. The van der Waals surface area contributed by atoms with Crippen LogP contribution in [0.25, 0.3) is 11.0 Å². The molecule has 1 aliphatic rings. The van der Waals surface area contributed by atoms with Gasteiger partial charge in [0.05, 0.1) is 17.6 Å². The number of nitrogens with zero attached hydrogens (tertiary/aromatic N) is 2. The zero-order valence-electron chi connectivity index (χ0n) is 11.3. The van der Waals surface area contributed by atoms with Crippen LogP contribution in [0.2, 0.25) is 0 Å². The van der Waals surface area contributed by atoms with E-state index in [1.165, 1.54) is 10.4 Å². The predicted molar refractivity (Wildman–Crippen MR) is 87.0 cm³/mol. The van der Waals surface area contributed by atoms with Gasteiger partial charge in [0.1, 0.15) is 0 Å². The average molecular weight is 288 g/mol. The predicted octanol–water partition coefficient (Wildman–Crippen LogP) is 4.08.